The standard InChI is InChI=1S/C18H17ClN2O2S2/c1-3-23-12-7-8-15-16(9-12)25-18(21-15)24-10-17(22)20-14-6-4-5-13(19)11(14)2/h4-9H,3,10H2,1-2H3,(H,20,22). The number of thioether (sulfide) groups is 1. The second-order valence-electron chi connectivity index (χ2n) is 5.29. The number of fused-ring (bicyclic) bond motifs is 1. The first-order valence-corrected chi connectivity index (χ1v) is 9.96. The maximum absolute atomic E-state index is 12.2. The van der Waals surface area contributed by atoms with Crippen molar-refractivity contribution in [2.24, 2.45) is 0 Å². The topological polar surface area (TPSA) is 51.2 Å². The van der Waals surface area contributed by atoms with Crippen LogP contribution >= 0.6 is 34.7 Å². The SMILES string of the molecule is CCOc1ccc2nc(SCC(=O)Nc3cccc(Cl)c3C)sc2c1. The molecule has 0 aliphatic rings. The van der Waals surface area contributed by atoms with Crippen molar-refractivity contribution in [3.8, 4) is 5.75 Å². The van der Waals surface area contributed by atoms with Crippen LogP contribution in [-0.2, 0) is 4.79 Å². The van der Waals surface area contributed by atoms with Crippen LogP contribution in [0.3, 0.4) is 0 Å². The molecule has 1 amide bonds. The number of benzene rings is 2. The first kappa shape index (κ1) is 18.0. The second kappa shape index (κ2) is 8.08. The summed E-state index contributed by atoms with van der Waals surface area (Å²) in [7, 11) is 0. The van der Waals surface area contributed by atoms with Crippen LogP contribution in [0.4, 0.5) is 5.69 Å². The Morgan fingerprint density at radius 3 is 3.00 bits per heavy atom. The quantitative estimate of drug-likeness (QED) is 0.571. The fourth-order valence-electron chi connectivity index (χ4n) is 2.26. The largest absolute Gasteiger partial charge is 0.494 e. The van der Waals surface area contributed by atoms with Crippen LogP contribution in [0.1, 0.15) is 12.5 Å². The lowest BCUT2D eigenvalue weighted by atomic mass is 10.2. The van der Waals surface area contributed by atoms with Gasteiger partial charge < -0.3 is 10.1 Å². The average molecular weight is 393 g/mol. The molecule has 3 rings (SSSR count). The number of rotatable bonds is 6. The van der Waals surface area contributed by atoms with E-state index in [2.05, 4.69) is 10.3 Å². The maximum Gasteiger partial charge on any atom is 0.234 e. The summed E-state index contributed by atoms with van der Waals surface area (Å²) in [5, 5.41) is 3.53. The molecule has 0 aliphatic heterocycles. The summed E-state index contributed by atoms with van der Waals surface area (Å²) in [6.45, 7) is 4.47. The monoisotopic (exact) mass is 392 g/mol. The molecule has 3 aromatic rings. The molecule has 4 nitrogen and oxygen atoms in total. The molecule has 0 radical (unpaired) electrons. The third-order valence-corrected chi connectivity index (χ3v) is 6.09. The highest BCUT2D eigenvalue weighted by Gasteiger charge is 2.10. The van der Waals surface area contributed by atoms with Gasteiger partial charge in [-0.25, -0.2) is 4.98 Å². The molecule has 0 saturated carbocycles. The number of carbonyl (C=O) groups is 1. The number of nitrogens with zero attached hydrogens (tertiary/aromatic N) is 1. The average Bonchev–Trinajstić information content (AvgIpc) is 3.00. The number of ether oxygens (including phenoxy) is 1. The Labute approximate surface area is 159 Å². The number of amides is 1. The summed E-state index contributed by atoms with van der Waals surface area (Å²) < 4.78 is 7.42. The van der Waals surface area contributed by atoms with Crippen LogP contribution in [0, 0.1) is 6.92 Å². The van der Waals surface area contributed by atoms with E-state index in [1.54, 1.807) is 17.4 Å². The van der Waals surface area contributed by atoms with Gasteiger partial charge in [0.2, 0.25) is 5.91 Å². The third kappa shape index (κ3) is 4.45. The Morgan fingerprint density at radius 1 is 1.36 bits per heavy atom. The Hall–Kier alpha value is -1.76. The maximum atomic E-state index is 12.2. The predicted octanol–water partition coefficient (Wildman–Crippen LogP) is 5.39. The normalized spacial score (nSPS) is 10.8. The van der Waals surface area contributed by atoms with Crippen LogP contribution in [0.5, 0.6) is 5.75 Å². The lowest BCUT2D eigenvalue weighted by Gasteiger charge is -2.08. The van der Waals surface area contributed by atoms with E-state index in [1.165, 1.54) is 11.8 Å². The number of aromatic nitrogens is 1. The fraction of sp³-hybridized carbons (Fsp3) is 0.222. The minimum absolute atomic E-state index is 0.0790. The minimum Gasteiger partial charge on any atom is -0.494 e. The van der Waals surface area contributed by atoms with Crippen LogP contribution in [-0.4, -0.2) is 23.3 Å². The minimum atomic E-state index is -0.0790. The summed E-state index contributed by atoms with van der Waals surface area (Å²) in [6, 6.07) is 11.3. The van der Waals surface area contributed by atoms with Crippen molar-refractivity contribution < 1.29 is 9.53 Å². The number of thiazole rings is 1. The van der Waals surface area contributed by atoms with E-state index < -0.39 is 0 Å². The lowest BCUT2D eigenvalue weighted by molar-refractivity contribution is -0.113. The van der Waals surface area contributed by atoms with Crippen LogP contribution in [0.25, 0.3) is 10.2 Å². The molecule has 1 N–H and O–H groups in total. The van der Waals surface area contributed by atoms with Crippen molar-refractivity contribution in [2.75, 3.05) is 17.7 Å². The van der Waals surface area contributed by atoms with E-state index >= 15 is 0 Å². The smallest absolute Gasteiger partial charge is 0.234 e. The lowest BCUT2D eigenvalue weighted by Crippen LogP contribution is -2.14. The van der Waals surface area contributed by atoms with E-state index in [9.17, 15) is 4.79 Å². The van der Waals surface area contributed by atoms with Crippen molar-refractivity contribution in [3.05, 3.63) is 47.0 Å². The van der Waals surface area contributed by atoms with Crippen LogP contribution in [0.2, 0.25) is 5.02 Å². The molecule has 0 aliphatic carbocycles. The number of halogens is 1. The molecule has 130 valence electrons. The van der Waals surface area contributed by atoms with E-state index in [0.29, 0.717) is 17.4 Å². The zero-order chi connectivity index (χ0) is 17.8. The van der Waals surface area contributed by atoms with Crippen molar-refractivity contribution in [2.45, 2.75) is 18.2 Å². The summed E-state index contributed by atoms with van der Waals surface area (Å²) in [6.07, 6.45) is 0. The van der Waals surface area contributed by atoms with Crippen molar-refractivity contribution in [1.82, 2.24) is 4.98 Å². The van der Waals surface area contributed by atoms with E-state index in [1.807, 2.05) is 44.2 Å². The van der Waals surface area contributed by atoms with Gasteiger partial charge in [0.15, 0.2) is 4.34 Å². The van der Waals surface area contributed by atoms with Gasteiger partial charge in [-0.1, -0.05) is 29.4 Å². The summed E-state index contributed by atoms with van der Waals surface area (Å²) in [4.78, 5) is 16.7. The van der Waals surface area contributed by atoms with E-state index in [0.717, 1.165) is 31.6 Å². The molecule has 1 heterocycles. The molecule has 0 atom stereocenters. The van der Waals surface area contributed by atoms with Gasteiger partial charge in [-0.05, 0) is 49.7 Å². The van der Waals surface area contributed by atoms with E-state index in [4.69, 9.17) is 16.3 Å². The van der Waals surface area contributed by atoms with Crippen LogP contribution in [0.15, 0.2) is 40.7 Å². The molecule has 0 unspecified atom stereocenters. The number of hydrogen-bond acceptors (Lipinski definition) is 5. The van der Waals surface area contributed by atoms with Gasteiger partial charge in [0.05, 0.1) is 22.6 Å². The van der Waals surface area contributed by atoms with Gasteiger partial charge in [-0.3, -0.25) is 4.79 Å². The van der Waals surface area contributed by atoms with Crippen molar-refractivity contribution in [1.29, 1.82) is 0 Å². The number of anilines is 1. The molecule has 1 aromatic heterocycles. The van der Waals surface area contributed by atoms with Gasteiger partial charge in [0.1, 0.15) is 5.75 Å². The van der Waals surface area contributed by atoms with Crippen molar-refractivity contribution >= 4 is 56.5 Å². The molecular formula is C18H17ClN2O2S2. The summed E-state index contributed by atoms with van der Waals surface area (Å²) in [5.74, 6) is 1.05. The Bertz CT molecular complexity index is 911. The van der Waals surface area contributed by atoms with Gasteiger partial charge >= 0.3 is 0 Å². The molecule has 0 spiro atoms. The Balaban J connectivity index is 1.63. The highest BCUT2D eigenvalue weighted by Crippen LogP contribution is 2.32. The first-order chi connectivity index (χ1) is 12.1. The first-order valence-electron chi connectivity index (χ1n) is 7.78. The highest BCUT2D eigenvalue weighted by molar-refractivity contribution is 8.01. The Kier molecular flexibility index (Phi) is 5.83. The fourth-order valence-corrected chi connectivity index (χ4v) is 4.33. The Morgan fingerprint density at radius 2 is 2.20 bits per heavy atom. The molecule has 2 aromatic carbocycles. The third-order valence-electron chi connectivity index (χ3n) is 3.52. The number of hydrogen-bond donors (Lipinski definition) is 1. The second-order valence-corrected chi connectivity index (χ2v) is 7.95. The number of carbonyl (C=O) groups excluding carboxylic acids is 1. The summed E-state index contributed by atoms with van der Waals surface area (Å²) in [5.41, 5.74) is 2.52. The molecule has 0 saturated heterocycles. The molecule has 7 heteroatoms. The molecule has 0 bridgehead atoms. The van der Waals surface area contributed by atoms with Gasteiger partial charge in [0, 0.05) is 10.7 Å². The molecule has 25 heavy (non-hydrogen) atoms. The molecule has 0 fully saturated rings. The summed E-state index contributed by atoms with van der Waals surface area (Å²) >= 11 is 9.06. The predicted molar refractivity (Wildman–Crippen MR) is 106 cm³/mol. The molecular weight excluding hydrogens is 376 g/mol. The zero-order valence-electron chi connectivity index (χ0n) is 13.8. The van der Waals surface area contributed by atoms with Gasteiger partial charge in [-0.2, -0.15) is 0 Å². The zero-order valence-corrected chi connectivity index (χ0v) is 16.2. The van der Waals surface area contributed by atoms with Crippen molar-refractivity contribution in [3.63, 3.8) is 0 Å². The van der Waals surface area contributed by atoms with Gasteiger partial charge in [-0.15, -0.1) is 11.3 Å². The number of nitrogens with one attached hydrogen (secondary N) is 1. The highest BCUT2D eigenvalue weighted by atomic mass is 35.5. The van der Waals surface area contributed by atoms with Gasteiger partial charge in [0.25, 0.3) is 0 Å². The van der Waals surface area contributed by atoms with Crippen LogP contribution < -0.4 is 10.1 Å². The van der Waals surface area contributed by atoms with E-state index in [-0.39, 0.29) is 5.91 Å².